The van der Waals surface area contributed by atoms with Crippen molar-refractivity contribution in [3.63, 3.8) is 0 Å². The van der Waals surface area contributed by atoms with Crippen LogP contribution in [0.15, 0.2) is 18.2 Å². The number of rotatable bonds is 5. The summed E-state index contributed by atoms with van der Waals surface area (Å²) in [4.78, 5) is 24.4. The molecule has 1 atom stereocenters. The molecule has 0 saturated carbocycles. The molecule has 1 aromatic rings. The van der Waals surface area contributed by atoms with Crippen LogP contribution in [0.3, 0.4) is 0 Å². The van der Waals surface area contributed by atoms with E-state index in [1.165, 1.54) is 0 Å². The fourth-order valence-electron chi connectivity index (χ4n) is 2.32. The van der Waals surface area contributed by atoms with Gasteiger partial charge in [-0.15, -0.1) is 0 Å². The third-order valence-corrected chi connectivity index (χ3v) is 3.42. The van der Waals surface area contributed by atoms with Gasteiger partial charge < -0.3 is 19.5 Å². The number of carbonyl (C=O) groups is 2. The number of nitrogens with zero attached hydrogens (tertiary/aromatic N) is 1. The molecular formula is C14H17NO5. The highest BCUT2D eigenvalue weighted by Crippen LogP contribution is 2.29. The van der Waals surface area contributed by atoms with Gasteiger partial charge in [-0.3, -0.25) is 9.59 Å². The number of aliphatic carboxylic acids is 1. The Morgan fingerprint density at radius 2 is 2.05 bits per heavy atom. The van der Waals surface area contributed by atoms with Crippen LogP contribution in [0.5, 0.6) is 11.5 Å². The monoisotopic (exact) mass is 279 g/mol. The Balaban J connectivity index is 2.11. The molecule has 1 saturated heterocycles. The van der Waals surface area contributed by atoms with E-state index in [4.69, 9.17) is 14.6 Å². The van der Waals surface area contributed by atoms with Crippen molar-refractivity contribution < 1.29 is 24.2 Å². The lowest BCUT2D eigenvalue weighted by Gasteiger charge is -2.17. The predicted octanol–water partition coefficient (Wildman–Crippen LogP) is 1.14. The molecule has 1 aromatic carbocycles. The fraction of sp³-hybridized carbons (Fsp3) is 0.429. The van der Waals surface area contributed by atoms with Crippen molar-refractivity contribution in [2.45, 2.75) is 13.0 Å². The molecule has 1 unspecified atom stereocenters. The zero-order valence-electron chi connectivity index (χ0n) is 11.5. The Morgan fingerprint density at radius 1 is 1.35 bits per heavy atom. The Hall–Kier alpha value is -2.24. The largest absolute Gasteiger partial charge is 0.493 e. The second-order valence-electron chi connectivity index (χ2n) is 4.63. The SMILES string of the molecule is COc1ccc(CN2CCC(C(=O)O)C2=O)cc1OC. The molecule has 6 nitrogen and oxygen atoms in total. The predicted molar refractivity (Wildman–Crippen MR) is 70.7 cm³/mol. The van der Waals surface area contributed by atoms with Crippen molar-refractivity contribution in [3.8, 4) is 11.5 Å². The molecule has 2 rings (SSSR count). The number of ether oxygens (including phenoxy) is 2. The van der Waals surface area contributed by atoms with Crippen LogP contribution in [0.1, 0.15) is 12.0 Å². The average Bonchev–Trinajstić information content (AvgIpc) is 2.80. The molecule has 1 fully saturated rings. The number of carboxylic acids is 1. The summed E-state index contributed by atoms with van der Waals surface area (Å²) in [6.45, 7) is 0.840. The molecule has 0 radical (unpaired) electrons. The number of benzene rings is 1. The van der Waals surface area contributed by atoms with Gasteiger partial charge in [0.2, 0.25) is 5.91 Å². The van der Waals surface area contributed by atoms with E-state index >= 15 is 0 Å². The summed E-state index contributed by atoms with van der Waals surface area (Å²) in [5.74, 6) is -1.08. The highest BCUT2D eigenvalue weighted by molar-refractivity contribution is 5.98. The lowest BCUT2D eigenvalue weighted by atomic mass is 10.1. The summed E-state index contributed by atoms with van der Waals surface area (Å²) in [7, 11) is 3.10. The molecular weight excluding hydrogens is 262 g/mol. The van der Waals surface area contributed by atoms with Crippen LogP contribution in [0.4, 0.5) is 0 Å². The van der Waals surface area contributed by atoms with Gasteiger partial charge in [-0.2, -0.15) is 0 Å². The van der Waals surface area contributed by atoms with E-state index in [1.54, 1.807) is 31.3 Å². The third kappa shape index (κ3) is 2.68. The number of hydrogen-bond donors (Lipinski definition) is 1. The molecule has 0 aliphatic carbocycles. The lowest BCUT2D eigenvalue weighted by Crippen LogP contribution is -2.29. The zero-order chi connectivity index (χ0) is 14.7. The molecule has 0 bridgehead atoms. The van der Waals surface area contributed by atoms with Crippen molar-refractivity contribution in [1.82, 2.24) is 4.90 Å². The number of carbonyl (C=O) groups excluding carboxylic acids is 1. The normalized spacial score (nSPS) is 18.2. The summed E-state index contributed by atoms with van der Waals surface area (Å²) in [5.41, 5.74) is 0.877. The molecule has 108 valence electrons. The fourth-order valence-corrected chi connectivity index (χ4v) is 2.32. The minimum absolute atomic E-state index is 0.327. The number of likely N-dealkylation sites (tertiary alicyclic amines) is 1. The Labute approximate surface area is 116 Å². The molecule has 1 aliphatic rings. The van der Waals surface area contributed by atoms with Crippen molar-refractivity contribution in [2.75, 3.05) is 20.8 Å². The smallest absolute Gasteiger partial charge is 0.316 e. The van der Waals surface area contributed by atoms with Gasteiger partial charge in [0, 0.05) is 13.1 Å². The minimum Gasteiger partial charge on any atom is -0.493 e. The van der Waals surface area contributed by atoms with Crippen molar-refractivity contribution in [2.24, 2.45) is 5.92 Å². The lowest BCUT2D eigenvalue weighted by molar-refractivity contribution is -0.147. The molecule has 0 aromatic heterocycles. The highest BCUT2D eigenvalue weighted by atomic mass is 16.5. The number of carboxylic acid groups (broad SMARTS) is 1. The molecule has 20 heavy (non-hydrogen) atoms. The second kappa shape index (κ2) is 5.81. The highest BCUT2D eigenvalue weighted by Gasteiger charge is 2.36. The van der Waals surface area contributed by atoms with Gasteiger partial charge in [-0.1, -0.05) is 6.07 Å². The second-order valence-corrected chi connectivity index (χ2v) is 4.63. The topological polar surface area (TPSA) is 76.1 Å². The van der Waals surface area contributed by atoms with E-state index in [9.17, 15) is 9.59 Å². The third-order valence-electron chi connectivity index (χ3n) is 3.42. The minimum atomic E-state index is -1.05. The summed E-state index contributed by atoms with van der Waals surface area (Å²) in [6.07, 6.45) is 0.363. The molecule has 1 aliphatic heterocycles. The van der Waals surface area contributed by atoms with Gasteiger partial charge in [-0.05, 0) is 24.1 Å². The molecule has 1 N–H and O–H groups in total. The standard InChI is InChI=1S/C14H17NO5/c1-19-11-4-3-9(7-12(11)20-2)8-15-6-5-10(13(15)16)14(17)18/h3-4,7,10H,5-6,8H2,1-2H3,(H,17,18). The van der Waals surface area contributed by atoms with Crippen LogP contribution in [0.25, 0.3) is 0 Å². The van der Waals surface area contributed by atoms with Crippen LogP contribution in [0, 0.1) is 5.92 Å². The molecule has 6 heteroatoms. The quantitative estimate of drug-likeness (QED) is 0.818. The molecule has 0 spiro atoms. The summed E-state index contributed by atoms with van der Waals surface area (Å²) in [5, 5.41) is 8.93. The Kier molecular flexibility index (Phi) is 4.12. The van der Waals surface area contributed by atoms with E-state index in [-0.39, 0.29) is 5.91 Å². The summed E-state index contributed by atoms with van der Waals surface area (Å²) < 4.78 is 10.4. The summed E-state index contributed by atoms with van der Waals surface area (Å²) in [6, 6.07) is 5.40. The summed E-state index contributed by atoms with van der Waals surface area (Å²) >= 11 is 0. The number of methoxy groups -OCH3 is 2. The van der Waals surface area contributed by atoms with Crippen molar-refractivity contribution >= 4 is 11.9 Å². The molecule has 1 amide bonds. The zero-order valence-corrected chi connectivity index (χ0v) is 11.5. The van der Waals surface area contributed by atoms with Gasteiger partial charge in [0.05, 0.1) is 14.2 Å². The van der Waals surface area contributed by atoms with Crippen LogP contribution in [-0.4, -0.2) is 42.6 Å². The average molecular weight is 279 g/mol. The van der Waals surface area contributed by atoms with Gasteiger partial charge in [0.25, 0.3) is 0 Å². The van der Waals surface area contributed by atoms with Gasteiger partial charge in [0.15, 0.2) is 11.5 Å². The van der Waals surface area contributed by atoms with Crippen LogP contribution >= 0.6 is 0 Å². The maximum Gasteiger partial charge on any atom is 0.316 e. The van der Waals surface area contributed by atoms with Crippen molar-refractivity contribution in [1.29, 1.82) is 0 Å². The van der Waals surface area contributed by atoms with Gasteiger partial charge in [0.1, 0.15) is 5.92 Å². The maximum atomic E-state index is 11.9. The van der Waals surface area contributed by atoms with Crippen LogP contribution in [0.2, 0.25) is 0 Å². The first kappa shape index (κ1) is 14.2. The van der Waals surface area contributed by atoms with Crippen LogP contribution < -0.4 is 9.47 Å². The van der Waals surface area contributed by atoms with Gasteiger partial charge >= 0.3 is 5.97 Å². The first-order valence-electron chi connectivity index (χ1n) is 6.29. The maximum absolute atomic E-state index is 11.9. The van der Waals surface area contributed by atoms with E-state index in [0.717, 1.165) is 5.56 Å². The van der Waals surface area contributed by atoms with E-state index in [1.807, 2.05) is 6.07 Å². The number of amides is 1. The Morgan fingerprint density at radius 3 is 2.60 bits per heavy atom. The first-order chi connectivity index (χ1) is 9.56. The van der Waals surface area contributed by atoms with E-state index in [0.29, 0.717) is 31.0 Å². The van der Waals surface area contributed by atoms with Crippen molar-refractivity contribution in [3.05, 3.63) is 23.8 Å². The van der Waals surface area contributed by atoms with E-state index < -0.39 is 11.9 Å². The first-order valence-corrected chi connectivity index (χ1v) is 6.29. The molecule has 1 heterocycles. The van der Waals surface area contributed by atoms with Crippen LogP contribution in [-0.2, 0) is 16.1 Å². The Bertz CT molecular complexity index is 528. The number of hydrogen-bond acceptors (Lipinski definition) is 4. The van der Waals surface area contributed by atoms with Gasteiger partial charge in [-0.25, -0.2) is 0 Å². The van der Waals surface area contributed by atoms with E-state index in [2.05, 4.69) is 0 Å².